The molecule has 1 aliphatic rings. The van der Waals surface area contributed by atoms with E-state index >= 15 is 0 Å². The molecule has 1 aliphatic heterocycles. The lowest BCUT2D eigenvalue weighted by molar-refractivity contribution is -0.119. The summed E-state index contributed by atoms with van der Waals surface area (Å²) < 4.78 is 19.1. The fourth-order valence-corrected chi connectivity index (χ4v) is 4.96. The van der Waals surface area contributed by atoms with Gasteiger partial charge in [0.25, 0.3) is 0 Å². The maximum absolute atomic E-state index is 12.7. The summed E-state index contributed by atoms with van der Waals surface area (Å²) in [7, 11) is 1.64. The van der Waals surface area contributed by atoms with Gasteiger partial charge in [-0.15, -0.1) is 10.2 Å². The number of rotatable bonds is 9. The van der Waals surface area contributed by atoms with Gasteiger partial charge in [0, 0.05) is 17.6 Å². The SMILES string of the molecule is COc1ccc(-c2nnc(SCC(=O)N[C@@H](C)c3cc4ccccc4o3)n2C[C@@H]2CCCO2)cc1. The van der Waals surface area contributed by atoms with Gasteiger partial charge in [-0.2, -0.15) is 0 Å². The molecular weight excluding hydrogens is 464 g/mol. The van der Waals surface area contributed by atoms with E-state index in [4.69, 9.17) is 13.9 Å². The van der Waals surface area contributed by atoms with Crippen LogP contribution in [0, 0.1) is 0 Å². The number of ether oxygens (including phenoxy) is 2. The molecule has 2 atom stereocenters. The number of furan rings is 1. The lowest BCUT2D eigenvalue weighted by atomic mass is 10.2. The predicted octanol–water partition coefficient (Wildman–Crippen LogP) is 4.85. The third kappa shape index (κ3) is 5.36. The van der Waals surface area contributed by atoms with Gasteiger partial charge in [-0.25, -0.2) is 0 Å². The highest BCUT2D eigenvalue weighted by atomic mass is 32.2. The van der Waals surface area contributed by atoms with Crippen molar-refractivity contribution in [2.75, 3.05) is 19.5 Å². The first-order chi connectivity index (χ1) is 17.1. The van der Waals surface area contributed by atoms with E-state index in [2.05, 4.69) is 20.1 Å². The lowest BCUT2D eigenvalue weighted by Crippen LogP contribution is -2.28. The number of carbonyl (C=O) groups is 1. The van der Waals surface area contributed by atoms with Crippen molar-refractivity contribution >= 4 is 28.6 Å². The van der Waals surface area contributed by atoms with Crippen molar-refractivity contribution in [2.24, 2.45) is 0 Å². The van der Waals surface area contributed by atoms with Crippen LogP contribution in [-0.2, 0) is 16.1 Å². The van der Waals surface area contributed by atoms with E-state index in [0.29, 0.717) is 11.7 Å². The molecule has 0 spiro atoms. The molecule has 1 fully saturated rings. The van der Waals surface area contributed by atoms with Crippen LogP contribution < -0.4 is 10.1 Å². The summed E-state index contributed by atoms with van der Waals surface area (Å²) in [6.45, 7) is 3.34. The van der Waals surface area contributed by atoms with Gasteiger partial charge in [-0.3, -0.25) is 9.36 Å². The number of nitrogens with one attached hydrogen (secondary N) is 1. The van der Waals surface area contributed by atoms with Crippen molar-refractivity contribution in [1.29, 1.82) is 0 Å². The Labute approximate surface area is 208 Å². The van der Waals surface area contributed by atoms with E-state index < -0.39 is 0 Å². The fraction of sp³-hybridized carbons (Fsp3) is 0.346. The maximum Gasteiger partial charge on any atom is 0.231 e. The van der Waals surface area contributed by atoms with E-state index in [-0.39, 0.29) is 23.8 Å². The zero-order valence-corrected chi connectivity index (χ0v) is 20.6. The van der Waals surface area contributed by atoms with Crippen LogP contribution in [0.4, 0.5) is 0 Å². The highest BCUT2D eigenvalue weighted by Crippen LogP contribution is 2.28. The number of amides is 1. The summed E-state index contributed by atoms with van der Waals surface area (Å²) in [4.78, 5) is 12.7. The molecule has 3 heterocycles. The normalized spacial score (nSPS) is 16.5. The van der Waals surface area contributed by atoms with E-state index in [1.165, 1.54) is 11.8 Å². The standard InChI is InChI=1S/C26H28N4O4S/c1-17(23-14-19-6-3-4-8-22(19)34-23)27-24(31)16-35-26-29-28-25(18-9-11-20(32-2)12-10-18)30(26)15-21-7-5-13-33-21/h3-4,6,8-12,14,17,21H,5,7,13,15-16H2,1-2H3,(H,27,31)/t17-,21-/m0/s1. The fourth-order valence-electron chi connectivity index (χ4n) is 4.21. The van der Waals surface area contributed by atoms with Gasteiger partial charge >= 0.3 is 0 Å². The second-order valence-corrected chi connectivity index (χ2v) is 9.49. The van der Waals surface area contributed by atoms with Crippen LogP contribution in [0.3, 0.4) is 0 Å². The molecule has 2 aromatic heterocycles. The Morgan fingerprint density at radius 3 is 2.80 bits per heavy atom. The molecule has 0 unspecified atom stereocenters. The quantitative estimate of drug-likeness (QED) is 0.334. The number of hydrogen-bond acceptors (Lipinski definition) is 7. The number of carbonyl (C=O) groups excluding carboxylic acids is 1. The number of methoxy groups -OCH3 is 1. The molecule has 4 aromatic rings. The number of benzene rings is 2. The topological polar surface area (TPSA) is 91.4 Å². The van der Waals surface area contributed by atoms with Crippen molar-refractivity contribution in [2.45, 2.75) is 43.6 Å². The summed E-state index contributed by atoms with van der Waals surface area (Å²) >= 11 is 1.37. The minimum absolute atomic E-state index is 0.0966. The van der Waals surface area contributed by atoms with Crippen molar-refractivity contribution in [1.82, 2.24) is 20.1 Å². The predicted molar refractivity (Wildman–Crippen MR) is 134 cm³/mol. The maximum atomic E-state index is 12.7. The Balaban J connectivity index is 1.28. The summed E-state index contributed by atoms with van der Waals surface area (Å²) in [5.41, 5.74) is 1.75. The molecule has 0 aliphatic carbocycles. The average Bonchev–Trinajstić information content (AvgIpc) is 3.63. The Morgan fingerprint density at radius 2 is 2.06 bits per heavy atom. The smallest absolute Gasteiger partial charge is 0.231 e. The third-order valence-corrected chi connectivity index (χ3v) is 7.02. The first kappa shape index (κ1) is 23.4. The van der Waals surface area contributed by atoms with E-state index in [1.807, 2.05) is 61.5 Å². The number of thioether (sulfide) groups is 1. The van der Waals surface area contributed by atoms with Crippen LogP contribution in [0.5, 0.6) is 5.75 Å². The molecule has 0 saturated carbocycles. The summed E-state index contributed by atoms with van der Waals surface area (Å²) in [6, 6.07) is 17.3. The van der Waals surface area contributed by atoms with Crippen molar-refractivity contribution < 1.29 is 18.7 Å². The minimum atomic E-state index is -0.241. The Kier molecular flexibility index (Phi) is 7.06. The Bertz CT molecular complexity index is 1260. The zero-order chi connectivity index (χ0) is 24.2. The van der Waals surface area contributed by atoms with Crippen molar-refractivity contribution in [3.63, 3.8) is 0 Å². The molecule has 5 rings (SSSR count). The lowest BCUT2D eigenvalue weighted by Gasteiger charge is -2.15. The number of aromatic nitrogens is 3. The molecule has 1 amide bonds. The highest BCUT2D eigenvalue weighted by Gasteiger charge is 2.23. The highest BCUT2D eigenvalue weighted by molar-refractivity contribution is 7.99. The van der Waals surface area contributed by atoms with E-state index in [0.717, 1.165) is 53.3 Å². The monoisotopic (exact) mass is 492 g/mol. The third-order valence-electron chi connectivity index (χ3n) is 6.06. The van der Waals surface area contributed by atoms with Crippen LogP contribution in [-0.4, -0.2) is 46.2 Å². The summed E-state index contributed by atoms with van der Waals surface area (Å²) in [6.07, 6.45) is 2.17. The Hall–Kier alpha value is -3.30. The number of fused-ring (bicyclic) bond motifs is 1. The van der Waals surface area contributed by atoms with Gasteiger partial charge in [0.05, 0.1) is 31.6 Å². The second kappa shape index (κ2) is 10.5. The molecule has 8 nitrogen and oxygen atoms in total. The van der Waals surface area contributed by atoms with E-state index in [9.17, 15) is 4.79 Å². The zero-order valence-electron chi connectivity index (χ0n) is 19.8. The molecule has 9 heteroatoms. The molecule has 1 saturated heterocycles. The largest absolute Gasteiger partial charge is 0.497 e. The minimum Gasteiger partial charge on any atom is -0.497 e. The van der Waals surface area contributed by atoms with Gasteiger partial charge in [-0.1, -0.05) is 30.0 Å². The molecular formula is C26H28N4O4S. The van der Waals surface area contributed by atoms with Gasteiger partial charge in [0.2, 0.25) is 5.91 Å². The molecule has 35 heavy (non-hydrogen) atoms. The second-order valence-electron chi connectivity index (χ2n) is 8.54. The van der Waals surface area contributed by atoms with Crippen molar-refractivity contribution in [3.05, 3.63) is 60.4 Å². The van der Waals surface area contributed by atoms with Gasteiger partial charge in [0.1, 0.15) is 17.1 Å². The average molecular weight is 493 g/mol. The number of hydrogen-bond donors (Lipinski definition) is 1. The Morgan fingerprint density at radius 1 is 1.23 bits per heavy atom. The van der Waals surface area contributed by atoms with Gasteiger partial charge in [-0.05, 0) is 56.2 Å². The molecule has 182 valence electrons. The van der Waals surface area contributed by atoms with Crippen LogP contribution >= 0.6 is 11.8 Å². The van der Waals surface area contributed by atoms with Crippen LogP contribution in [0.15, 0.2) is 64.2 Å². The molecule has 2 aromatic carbocycles. The van der Waals surface area contributed by atoms with E-state index in [1.54, 1.807) is 7.11 Å². The molecule has 0 radical (unpaired) electrons. The van der Waals surface area contributed by atoms with Crippen LogP contribution in [0.2, 0.25) is 0 Å². The molecule has 1 N–H and O–H groups in total. The number of nitrogens with zero attached hydrogens (tertiary/aromatic N) is 3. The first-order valence-corrected chi connectivity index (χ1v) is 12.7. The first-order valence-electron chi connectivity index (χ1n) is 11.7. The van der Waals surface area contributed by atoms with Crippen LogP contribution in [0.25, 0.3) is 22.4 Å². The summed E-state index contributed by atoms with van der Waals surface area (Å²) in [5, 5.41) is 13.6. The van der Waals surface area contributed by atoms with Gasteiger partial charge in [0.15, 0.2) is 11.0 Å². The van der Waals surface area contributed by atoms with Crippen LogP contribution in [0.1, 0.15) is 31.6 Å². The van der Waals surface area contributed by atoms with Gasteiger partial charge < -0.3 is 19.2 Å². The molecule has 0 bridgehead atoms. The number of para-hydroxylation sites is 1. The van der Waals surface area contributed by atoms with Crippen molar-refractivity contribution in [3.8, 4) is 17.1 Å². The summed E-state index contributed by atoms with van der Waals surface area (Å²) in [5.74, 6) is 2.38.